The summed E-state index contributed by atoms with van der Waals surface area (Å²) in [5, 5.41) is 0. The zero-order valence-corrected chi connectivity index (χ0v) is 10.3. The molecule has 0 amide bonds. The molecule has 0 aliphatic carbocycles. The number of aryl methyl sites for hydroxylation is 1. The maximum Gasteiger partial charge on any atom is 0.306 e. The lowest BCUT2D eigenvalue weighted by molar-refractivity contribution is -0.143. The molecule has 2 N–H and O–H groups in total. The van der Waals surface area contributed by atoms with Gasteiger partial charge in [-0.15, -0.1) is 12.4 Å². The molecule has 0 aliphatic rings. The molecule has 1 aromatic rings. The largest absolute Gasteiger partial charge is 0.466 e. The van der Waals surface area contributed by atoms with Gasteiger partial charge in [0.05, 0.1) is 6.61 Å². The first-order valence-corrected chi connectivity index (χ1v) is 5.20. The van der Waals surface area contributed by atoms with Gasteiger partial charge in [0.25, 0.3) is 0 Å². The quantitative estimate of drug-likeness (QED) is 0.806. The fourth-order valence-electron chi connectivity index (χ4n) is 1.47. The second-order valence-corrected chi connectivity index (χ2v) is 3.28. The highest BCUT2D eigenvalue weighted by Crippen LogP contribution is 2.10. The molecular weight excluding hydrogens is 226 g/mol. The fourth-order valence-corrected chi connectivity index (χ4v) is 1.47. The molecule has 0 fully saturated rings. The first kappa shape index (κ1) is 14.9. The summed E-state index contributed by atoms with van der Waals surface area (Å²) in [6.45, 7) is 2.77. The fraction of sp³-hybridized carbons (Fsp3) is 0.417. The number of ether oxygens (including phenoxy) is 1. The van der Waals surface area contributed by atoms with Gasteiger partial charge in [0.1, 0.15) is 0 Å². The van der Waals surface area contributed by atoms with Gasteiger partial charge in [0, 0.05) is 13.0 Å². The molecule has 1 rings (SSSR count). The minimum atomic E-state index is -0.149. The van der Waals surface area contributed by atoms with E-state index in [0.717, 1.165) is 11.1 Å². The van der Waals surface area contributed by atoms with E-state index in [1.807, 2.05) is 31.2 Å². The first-order chi connectivity index (χ1) is 7.27. The SMILES string of the molecule is CCOC(=O)CCc1ccccc1CN.Cl. The molecule has 0 saturated carbocycles. The third kappa shape index (κ3) is 4.64. The van der Waals surface area contributed by atoms with Crippen LogP contribution in [0.25, 0.3) is 0 Å². The Hall–Kier alpha value is -1.06. The minimum absolute atomic E-state index is 0. The molecule has 3 nitrogen and oxygen atoms in total. The summed E-state index contributed by atoms with van der Waals surface area (Å²) in [5.41, 5.74) is 7.83. The number of hydrogen-bond donors (Lipinski definition) is 1. The molecule has 0 unspecified atom stereocenters. The average Bonchev–Trinajstić information content (AvgIpc) is 2.27. The molecule has 16 heavy (non-hydrogen) atoms. The maximum atomic E-state index is 11.2. The first-order valence-electron chi connectivity index (χ1n) is 5.20. The van der Waals surface area contributed by atoms with Crippen LogP contribution in [0.3, 0.4) is 0 Å². The number of benzene rings is 1. The lowest BCUT2D eigenvalue weighted by atomic mass is 10.0. The summed E-state index contributed by atoms with van der Waals surface area (Å²) < 4.78 is 4.87. The Balaban J connectivity index is 0.00000225. The summed E-state index contributed by atoms with van der Waals surface area (Å²) >= 11 is 0. The second kappa shape index (κ2) is 8.13. The van der Waals surface area contributed by atoms with Crippen molar-refractivity contribution >= 4 is 18.4 Å². The third-order valence-electron chi connectivity index (χ3n) is 2.24. The van der Waals surface area contributed by atoms with Crippen molar-refractivity contribution in [2.24, 2.45) is 5.73 Å². The summed E-state index contributed by atoms with van der Waals surface area (Å²) in [4.78, 5) is 11.2. The van der Waals surface area contributed by atoms with Gasteiger partial charge in [0.15, 0.2) is 0 Å². The van der Waals surface area contributed by atoms with Crippen molar-refractivity contribution in [1.82, 2.24) is 0 Å². The summed E-state index contributed by atoms with van der Waals surface area (Å²) in [6, 6.07) is 7.90. The number of nitrogens with two attached hydrogens (primary N) is 1. The Morgan fingerprint density at radius 3 is 2.50 bits per heavy atom. The van der Waals surface area contributed by atoms with Gasteiger partial charge in [-0.25, -0.2) is 0 Å². The molecule has 0 spiro atoms. The standard InChI is InChI=1S/C12H17NO2.ClH/c1-2-15-12(14)8-7-10-5-3-4-6-11(10)9-13;/h3-6H,2,7-9,13H2,1H3;1H. The van der Waals surface area contributed by atoms with E-state index in [1.165, 1.54) is 0 Å². The summed E-state index contributed by atoms with van der Waals surface area (Å²) in [6.07, 6.45) is 1.12. The molecule has 0 aromatic heterocycles. The smallest absolute Gasteiger partial charge is 0.306 e. The number of rotatable bonds is 5. The van der Waals surface area contributed by atoms with Crippen LogP contribution in [-0.2, 0) is 22.5 Å². The second-order valence-electron chi connectivity index (χ2n) is 3.28. The van der Waals surface area contributed by atoms with Crippen LogP contribution in [-0.4, -0.2) is 12.6 Å². The van der Waals surface area contributed by atoms with Crippen molar-refractivity contribution in [1.29, 1.82) is 0 Å². The molecule has 90 valence electrons. The number of esters is 1. The molecule has 4 heteroatoms. The normalized spacial score (nSPS) is 9.38. The van der Waals surface area contributed by atoms with E-state index < -0.39 is 0 Å². The van der Waals surface area contributed by atoms with Crippen molar-refractivity contribution in [3.8, 4) is 0 Å². The van der Waals surface area contributed by atoms with Gasteiger partial charge >= 0.3 is 5.97 Å². The zero-order chi connectivity index (χ0) is 11.1. The monoisotopic (exact) mass is 243 g/mol. The van der Waals surface area contributed by atoms with E-state index >= 15 is 0 Å². The van der Waals surface area contributed by atoms with Gasteiger partial charge in [-0.05, 0) is 24.5 Å². The van der Waals surface area contributed by atoms with Crippen molar-refractivity contribution in [2.45, 2.75) is 26.3 Å². The van der Waals surface area contributed by atoms with Gasteiger partial charge in [-0.3, -0.25) is 4.79 Å². The minimum Gasteiger partial charge on any atom is -0.466 e. The molecule has 0 radical (unpaired) electrons. The van der Waals surface area contributed by atoms with Crippen molar-refractivity contribution < 1.29 is 9.53 Å². The van der Waals surface area contributed by atoms with E-state index in [1.54, 1.807) is 0 Å². The van der Waals surface area contributed by atoms with E-state index in [-0.39, 0.29) is 18.4 Å². The maximum absolute atomic E-state index is 11.2. The van der Waals surface area contributed by atoms with Crippen LogP contribution in [0.2, 0.25) is 0 Å². The van der Waals surface area contributed by atoms with Gasteiger partial charge in [-0.2, -0.15) is 0 Å². The Morgan fingerprint density at radius 2 is 1.94 bits per heavy atom. The topological polar surface area (TPSA) is 52.3 Å². The van der Waals surface area contributed by atoms with Gasteiger partial charge in [-0.1, -0.05) is 24.3 Å². The van der Waals surface area contributed by atoms with Crippen molar-refractivity contribution in [2.75, 3.05) is 6.61 Å². The lowest BCUT2D eigenvalue weighted by Crippen LogP contribution is -2.07. The Bertz CT molecular complexity index is 329. The van der Waals surface area contributed by atoms with Crippen LogP contribution in [0.5, 0.6) is 0 Å². The molecule has 0 atom stereocenters. The van der Waals surface area contributed by atoms with Crippen molar-refractivity contribution in [3.05, 3.63) is 35.4 Å². The Kier molecular flexibility index (Phi) is 7.60. The van der Waals surface area contributed by atoms with E-state index in [2.05, 4.69) is 0 Å². The Morgan fingerprint density at radius 1 is 1.31 bits per heavy atom. The molecular formula is C12H18ClNO2. The summed E-state index contributed by atoms with van der Waals surface area (Å²) in [7, 11) is 0. The molecule has 0 aliphatic heterocycles. The molecule has 0 saturated heterocycles. The third-order valence-corrected chi connectivity index (χ3v) is 2.24. The predicted octanol–water partition coefficient (Wildman–Crippen LogP) is 2.06. The highest BCUT2D eigenvalue weighted by molar-refractivity contribution is 5.85. The Labute approximate surface area is 102 Å². The van der Waals surface area contributed by atoms with Crippen LogP contribution >= 0.6 is 12.4 Å². The molecule has 0 bridgehead atoms. The van der Waals surface area contributed by atoms with Crippen LogP contribution in [0.15, 0.2) is 24.3 Å². The van der Waals surface area contributed by atoms with E-state index in [9.17, 15) is 4.79 Å². The number of carbonyl (C=O) groups is 1. The average molecular weight is 244 g/mol. The summed E-state index contributed by atoms with van der Waals surface area (Å²) in [5.74, 6) is -0.149. The zero-order valence-electron chi connectivity index (χ0n) is 9.44. The lowest BCUT2D eigenvalue weighted by Gasteiger charge is -2.06. The molecule has 1 aromatic carbocycles. The van der Waals surface area contributed by atoms with Crippen molar-refractivity contribution in [3.63, 3.8) is 0 Å². The van der Waals surface area contributed by atoms with Crippen LogP contribution in [0.1, 0.15) is 24.5 Å². The van der Waals surface area contributed by atoms with Crippen LogP contribution in [0.4, 0.5) is 0 Å². The van der Waals surface area contributed by atoms with E-state index in [0.29, 0.717) is 26.0 Å². The number of halogens is 1. The molecule has 0 heterocycles. The predicted molar refractivity (Wildman–Crippen MR) is 66.5 cm³/mol. The van der Waals surface area contributed by atoms with Gasteiger partial charge in [0.2, 0.25) is 0 Å². The van der Waals surface area contributed by atoms with E-state index in [4.69, 9.17) is 10.5 Å². The van der Waals surface area contributed by atoms with Crippen LogP contribution in [0, 0.1) is 0 Å². The number of carbonyl (C=O) groups excluding carboxylic acids is 1. The highest BCUT2D eigenvalue weighted by Gasteiger charge is 2.04. The van der Waals surface area contributed by atoms with Crippen LogP contribution < -0.4 is 5.73 Å². The number of hydrogen-bond acceptors (Lipinski definition) is 3. The van der Waals surface area contributed by atoms with Gasteiger partial charge < -0.3 is 10.5 Å². The highest BCUT2D eigenvalue weighted by atomic mass is 35.5.